The van der Waals surface area contributed by atoms with Gasteiger partial charge in [0.15, 0.2) is 6.79 Å². The van der Waals surface area contributed by atoms with E-state index in [9.17, 15) is 20.2 Å². The monoisotopic (exact) mass is 441 g/mol. The molecule has 2 heterocycles. The van der Waals surface area contributed by atoms with E-state index in [0.29, 0.717) is 30.0 Å². The molecule has 1 aliphatic heterocycles. The number of fused-ring (bicyclic) bond motifs is 1. The average Bonchev–Trinajstić information content (AvgIpc) is 3.05. The maximum atomic E-state index is 12.6. The summed E-state index contributed by atoms with van der Waals surface area (Å²) < 4.78 is 23.1. The fraction of sp³-hybridized carbons (Fsp3) is 0.364. The van der Waals surface area contributed by atoms with Crippen LogP contribution in [0.3, 0.4) is 0 Å². The maximum absolute atomic E-state index is 12.6. The van der Waals surface area contributed by atoms with Gasteiger partial charge in [0, 0.05) is 48.3 Å². The van der Waals surface area contributed by atoms with Crippen LogP contribution < -0.4 is 4.74 Å². The molecule has 0 unspecified atom stereocenters. The third kappa shape index (κ3) is 4.96. The van der Waals surface area contributed by atoms with Crippen molar-refractivity contribution in [3.63, 3.8) is 0 Å². The number of esters is 1. The average molecular weight is 441 g/mol. The van der Waals surface area contributed by atoms with Crippen LogP contribution in [-0.4, -0.2) is 36.0 Å². The molecular weight excluding hydrogens is 418 g/mol. The Morgan fingerprint density at radius 1 is 1.38 bits per heavy atom. The number of hydrogen-bond acceptors (Lipinski definition) is 8. The van der Waals surface area contributed by atoms with Crippen molar-refractivity contribution in [1.82, 2.24) is 4.57 Å². The van der Waals surface area contributed by atoms with Gasteiger partial charge in [-0.15, -0.1) is 0 Å². The van der Waals surface area contributed by atoms with Gasteiger partial charge >= 0.3 is 5.97 Å². The van der Waals surface area contributed by atoms with Crippen molar-refractivity contribution in [3.05, 3.63) is 62.0 Å². The van der Waals surface area contributed by atoms with Gasteiger partial charge in [0.25, 0.3) is 5.69 Å². The van der Waals surface area contributed by atoms with Gasteiger partial charge in [-0.1, -0.05) is 0 Å². The molecule has 0 aliphatic carbocycles. The Bertz CT molecular complexity index is 1110. The van der Waals surface area contributed by atoms with E-state index in [1.807, 2.05) is 30.6 Å². The van der Waals surface area contributed by atoms with Crippen molar-refractivity contribution in [2.45, 2.75) is 33.6 Å². The molecule has 0 saturated carbocycles. The molecule has 1 aliphatic rings. The molecule has 0 amide bonds. The highest BCUT2D eigenvalue weighted by Crippen LogP contribution is 2.33. The van der Waals surface area contributed by atoms with Crippen LogP contribution in [0.1, 0.15) is 28.1 Å². The summed E-state index contributed by atoms with van der Waals surface area (Å²) in [4.78, 5) is 23.2. The lowest BCUT2D eigenvalue weighted by Crippen LogP contribution is -2.15. The molecule has 0 spiro atoms. The minimum atomic E-state index is -0.832. The highest BCUT2D eigenvalue weighted by Gasteiger charge is 2.22. The lowest BCUT2D eigenvalue weighted by atomic mass is 10.1. The van der Waals surface area contributed by atoms with E-state index in [-0.39, 0.29) is 31.3 Å². The van der Waals surface area contributed by atoms with Crippen LogP contribution in [0.2, 0.25) is 0 Å². The minimum absolute atomic E-state index is 0.00616. The van der Waals surface area contributed by atoms with Gasteiger partial charge < -0.3 is 23.5 Å². The summed E-state index contributed by atoms with van der Waals surface area (Å²) in [6.45, 7) is 4.87. The number of benzene rings is 1. The van der Waals surface area contributed by atoms with Gasteiger partial charge in [-0.05, 0) is 31.6 Å². The van der Waals surface area contributed by atoms with E-state index in [1.54, 1.807) is 7.11 Å². The third-order valence-electron chi connectivity index (χ3n) is 5.11. The van der Waals surface area contributed by atoms with E-state index in [4.69, 9.17) is 18.9 Å². The predicted octanol–water partition coefficient (Wildman–Crippen LogP) is 3.18. The third-order valence-corrected chi connectivity index (χ3v) is 5.11. The van der Waals surface area contributed by atoms with Crippen molar-refractivity contribution in [1.29, 1.82) is 5.26 Å². The van der Waals surface area contributed by atoms with E-state index in [1.165, 1.54) is 18.2 Å². The first-order valence-corrected chi connectivity index (χ1v) is 9.81. The second-order valence-corrected chi connectivity index (χ2v) is 7.18. The summed E-state index contributed by atoms with van der Waals surface area (Å²) in [6.07, 6.45) is 1.47. The topological polar surface area (TPSA) is 126 Å². The standard InChI is InChI=1S/C22H23N3O7/c1-14-6-16(15(2)24(14)4-5-29-3)7-17(10-23)22(26)31-12-19-9-20(25(27)28)8-18-11-30-13-32-21(18)19/h6-9H,4-5,11-13H2,1-3H3/b17-7+. The van der Waals surface area contributed by atoms with E-state index < -0.39 is 10.9 Å². The van der Waals surface area contributed by atoms with Gasteiger partial charge in [0.2, 0.25) is 0 Å². The first-order valence-electron chi connectivity index (χ1n) is 9.81. The molecule has 0 fully saturated rings. The van der Waals surface area contributed by atoms with Crippen molar-refractivity contribution in [2.24, 2.45) is 0 Å². The number of aryl methyl sites for hydroxylation is 1. The number of nitrogens with zero attached hydrogens (tertiary/aromatic N) is 3. The number of nitriles is 1. The Morgan fingerprint density at radius 2 is 2.16 bits per heavy atom. The van der Waals surface area contributed by atoms with Gasteiger partial charge in [-0.25, -0.2) is 4.79 Å². The lowest BCUT2D eigenvalue weighted by Gasteiger charge is -2.20. The number of carbonyl (C=O) groups excluding carboxylic acids is 1. The predicted molar refractivity (Wildman–Crippen MR) is 113 cm³/mol. The number of non-ortho nitro benzene ring substituents is 1. The molecule has 0 N–H and O–H groups in total. The van der Waals surface area contributed by atoms with Crippen molar-refractivity contribution in [3.8, 4) is 11.8 Å². The summed E-state index contributed by atoms with van der Waals surface area (Å²) in [6, 6.07) is 6.40. The Hall–Kier alpha value is -3.68. The molecule has 0 atom stereocenters. The molecule has 1 aromatic carbocycles. The van der Waals surface area contributed by atoms with Crippen LogP contribution in [-0.2, 0) is 38.8 Å². The Labute approximate surface area is 184 Å². The second-order valence-electron chi connectivity index (χ2n) is 7.18. The molecule has 10 heteroatoms. The number of nitro groups is 1. The van der Waals surface area contributed by atoms with Crippen LogP contribution in [0, 0.1) is 35.3 Å². The SMILES string of the molecule is COCCn1c(C)cc(/C=C(\C#N)C(=O)OCc2cc([N+](=O)[O-])cc3c2OCOC3)c1C. The molecule has 0 bridgehead atoms. The number of hydrogen-bond donors (Lipinski definition) is 0. The van der Waals surface area contributed by atoms with Crippen LogP contribution in [0.15, 0.2) is 23.8 Å². The smallest absolute Gasteiger partial charge is 0.349 e. The largest absolute Gasteiger partial charge is 0.467 e. The molecular formula is C22H23N3O7. The van der Waals surface area contributed by atoms with E-state index in [0.717, 1.165) is 17.0 Å². The quantitative estimate of drug-likeness (QED) is 0.201. The first-order chi connectivity index (χ1) is 15.3. The highest BCUT2D eigenvalue weighted by atomic mass is 16.7. The molecule has 32 heavy (non-hydrogen) atoms. The van der Waals surface area contributed by atoms with Crippen LogP contribution >= 0.6 is 0 Å². The van der Waals surface area contributed by atoms with Crippen LogP contribution in [0.4, 0.5) is 5.69 Å². The zero-order valence-corrected chi connectivity index (χ0v) is 18.0. The number of aromatic nitrogens is 1. The van der Waals surface area contributed by atoms with Gasteiger partial charge in [0.05, 0.1) is 18.1 Å². The molecule has 3 rings (SSSR count). The Kier molecular flexibility index (Phi) is 7.25. The van der Waals surface area contributed by atoms with Gasteiger partial charge in [0.1, 0.15) is 24.0 Å². The lowest BCUT2D eigenvalue weighted by molar-refractivity contribution is -0.385. The number of methoxy groups -OCH3 is 1. The summed E-state index contributed by atoms with van der Waals surface area (Å²) in [7, 11) is 1.62. The molecule has 1 aromatic heterocycles. The van der Waals surface area contributed by atoms with Crippen LogP contribution in [0.25, 0.3) is 6.08 Å². The number of ether oxygens (including phenoxy) is 4. The second kappa shape index (κ2) is 10.1. The Balaban J connectivity index is 1.81. The fourth-order valence-corrected chi connectivity index (χ4v) is 3.51. The highest BCUT2D eigenvalue weighted by molar-refractivity contribution is 5.98. The molecule has 2 aromatic rings. The summed E-state index contributed by atoms with van der Waals surface area (Å²) in [5.74, 6) is -0.444. The number of carbonyl (C=O) groups is 1. The first kappa shape index (κ1) is 23.0. The number of nitro benzene ring substituents is 1. The van der Waals surface area contributed by atoms with Crippen molar-refractivity contribution < 1.29 is 28.7 Å². The fourth-order valence-electron chi connectivity index (χ4n) is 3.51. The van der Waals surface area contributed by atoms with Crippen molar-refractivity contribution >= 4 is 17.7 Å². The van der Waals surface area contributed by atoms with Crippen molar-refractivity contribution in [2.75, 3.05) is 20.5 Å². The number of rotatable bonds is 8. The molecule has 10 nitrogen and oxygen atoms in total. The normalized spacial score (nSPS) is 13.1. The van der Waals surface area contributed by atoms with E-state index in [2.05, 4.69) is 0 Å². The summed E-state index contributed by atoms with van der Waals surface area (Å²) >= 11 is 0. The minimum Gasteiger partial charge on any atom is -0.467 e. The zero-order valence-electron chi connectivity index (χ0n) is 18.0. The molecule has 0 saturated heterocycles. The van der Waals surface area contributed by atoms with Gasteiger partial charge in [-0.2, -0.15) is 5.26 Å². The zero-order chi connectivity index (χ0) is 23.3. The summed E-state index contributed by atoms with van der Waals surface area (Å²) in [5.41, 5.74) is 3.07. The molecule has 0 radical (unpaired) electrons. The van der Waals surface area contributed by atoms with Gasteiger partial charge in [-0.3, -0.25) is 10.1 Å². The summed E-state index contributed by atoms with van der Waals surface area (Å²) in [5, 5.41) is 20.7. The van der Waals surface area contributed by atoms with Crippen LogP contribution in [0.5, 0.6) is 5.75 Å². The molecule has 168 valence electrons. The maximum Gasteiger partial charge on any atom is 0.349 e. The Morgan fingerprint density at radius 3 is 2.84 bits per heavy atom. The van der Waals surface area contributed by atoms with E-state index >= 15 is 0 Å².